The van der Waals surface area contributed by atoms with Gasteiger partial charge in [0.25, 0.3) is 0 Å². The zero-order valence-electron chi connectivity index (χ0n) is 31.5. The van der Waals surface area contributed by atoms with E-state index in [0.717, 1.165) is 0 Å². The first-order valence-corrected chi connectivity index (χ1v) is 18.9. The highest BCUT2D eigenvalue weighted by atomic mass is 14.2. The molecule has 0 fully saturated rings. The molecule has 0 saturated carbocycles. The molecule has 1 aliphatic carbocycles. The molecule has 0 N–H and O–H groups in total. The molecule has 8 aromatic rings. The van der Waals surface area contributed by atoms with E-state index in [0.29, 0.717) is 0 Å². The second kappa shape index (κ2) is 14.6. The molecule has 53 heavy (non-hydrogen) atoms. The molecule has 0 amide bonds. The summed E-state index contributed by atoms with van der Waals surface area (Å²) in [7, 11) is 0. The van der Waals surface area contributed by atoms with Crippen LogP contribution in [0, 0.1) is 27.7 Å². The minimum absolute atomic E-state index is 1.23. The van der Waals surface area contributed by atoms with Crippen LogP contribution in [0.2, 0.25) is 0 Å². The van der Waals surface area contributed by atoms with Crippen molar-refractivity contribution >= 4 is 32.3 Å². The number of rotatable bonds is 4. The van der Waals surface area contributed by atoms with Crippen molar-refractivity contribution in [1.29, 1.82) is 0 Å². The van der Waals surface area contributed by atoms with Crippen LogP contribution in [0.15, 0.2) is 169 Å². The molecule has 0 saturated heterocycles. The molecular weight excluding hydrogens is 637 g/mol. The summed E-state index contributed by atoms with van der Waals surface area (Å²) in [6.07, 6.45) is 9.12. The van der Waals surface area contributed by atoms with Crippen molar-refractivity contribution < 1.29 is 0 Å². The van der Waals surface area contributed by atoms with E-state index in [4.69, 9.17) is 0 Å². The highest BCUT2D eigenvalue weighted by molar-refractivity contribution is 6.21. The van der Waals surface area contributed by atoms with Gasteiger partial charge in [0.2, 0.25) is 0 Å². The van der Waals surface area contributed by atoms with Crippen molar-refractivity contribution in [1.82, 2.24) is 0 Å². The number of hydrogen-bond donors (Lipinski definition) is 0. The van der Waals surface area contributed by atoms with E-state index in [1.807, 2.05) is 0 Å². The van der Waals surface area contributed by atoms with Gasteiger partial charge in [-0.2, -0.15) is 0 Å². The van der Waals surface area contributed by atoms with Gasteiger partial charge in [-0.25, -0.2) is 0 Å². The highest BCUT2D eigenvalue weighted by Gasteiger charge is 2.19. The first-order valence-electron chi connectivity index (χ1n) is 18.9. The number of fused-ring (bicyclic) bond motifs is 3. The smallest absolute Gasteiger partial charge is 0.00262 e. The monoisotopic (exact) mass is 682 g/mol. The summed E-state index contributed by atoms with van der Waals surface area (Å²) in [5.74, 6) is 0. The van der Waals surface area contributed by atoms with E-state index in [-0.39, 0.29) is 0 Å². The van der Waals surface area contributed by atoms with E-state index in [1.165, 1.54) is 117 Å². The third-order valence-corrected chi connectivity index (χ3v) is 11.1. The first kappa shape index (κ1) is 34.1. The number of aryl methyl sites for hydroxylation is 4. The SMILES string of the molecule is CC1=CCCC=C1.Cc1ccccc1-c1cc(-c2c3ccccc3c(-c3ccc(C)c(-c4ccc5ccccc5c4C)c3)c3ccccc23)ccc1C. The van der Waals surface area contributed by atoms with Crippen LogP contribution in [-0.2, 0) is 0 Å². The average Bonchev–Trinajstić information content (AvgIpc) is 3.19. The van der Waals surface area contributed by atoms with Crippen LogP contribution in [0.4, 0.5) is 0 Å². The average molecular weight is 683 g/mol. The maximum Gasteiger partial charge on any atom is -0.00262 e. The molecule has 0 heterocycles. The summed E-state index contributed by atoms with van der Waals surface area (Å²) < 4.78 is 0. The molecule has 0 aliphatic heterocycles. The Bertz CT molecular complexity index is 2660. The summed E-state index contributed by atoms with van der Waals surface area (Å²) in [4.78, 5) is 0. The lowest BCUT2D eigenvalue weighted by atomic mass is 9.83. The van der Waals surface area contributed by atoms with Gasteiger partial charge >= 0.3 is 0 Å². The zero-order valence-corrected chi connectivity index (χ0v) is 31.5. The summed E-state index contributed by atoms with van der Waals surface area (Å²) in [6, 6.07) is 53.9. The van der Waals surface area contributed by atoms with Crippen molar-refractivity contribution in [3.63, 3.8) is 0 Å². The maximum absolute atomic E-state index is 2.42. The number of hydrogen-bond acceptors (Lipinski definition) is 0. The molecule has 0 aromatic heterocycles. The van der Waals surface area contributed by atoms with Gasteiger partial charge < -0.3 is 0 Å². The molecule has 0 bridgehead atoms. The minimum atomic E-state index is 1.23. The fourth-order valence-corrected chi connectivity index (χ4v) is 8.22. The Balaban J connectivity index is 0.000000515. The van der Waals surface area contributed by atoms with E-state index in [9.17, 15) is 0 Å². The molecule has 0 unspecified atom stereocenters. The van der Waals surface area contributed by atoms with Gasteiger partial charge in [0.1, 0.15) is 0 Å². The highest BCUT2D eigenvalue weighted by Crippen LogP contribution is 2.46. The number of allylic oxidation sites excluding steroid dienone is 4. The molecule has 258 valence electrons. The molecule has 8 aromatic carbocycles. The lowest BCUT2D eigenvalue weighted by Gasteiger charge is -2.20. The van der Waals surface area contributed by atoms with Crippen molar-refractivity contribution in [2.75, 3.05) is 0 Å². The standard InChI is InChI=1S/C46H36.C7H10/c1-29-13-5-7-15-36(29)43-27-34(23-21-30(43)2)45-39-17-9-11-19-41(39)46(42-20-12-10-18-40(42)45)35-24-22-31(3)44(28-35)38-26-25-33-14-6-8-16-37(33)32(38)4;1-7-5-3-2-4-6-7/h5-28H,1-4H3;3,5-6H,2,4H2,1H3. The maximum atomic E-state index is 2.42. The van der Waals surface area contributed by atoms with Crippen LogP contribution in [0.5, 0.6) is 0 Å². The Hall–Kier alpha value is -5.98. The molecule has 9 rings (SSSR count). The lowest BCUT2D eigenvalue weighted by molar-refractivity contribution is 1.02. The molecule has 1 aliphatic rings. The third kappa shape index (κ3) is 6.51. The molecule has 0 heteroatoms. The van der Waals surface area contributed by atoms with Crippen LogP contribution in [-0.4, -0.2) is 0 Å². The molecule has 0 nitrogen and oxygen atoms in total. The Labute approximate surface area is 314 Å². The van der Waals surface area contributed by atoms with Crippen molar-refractivity contribution in [3.05, 3.63) is 192 Å². The first-order chi connectivity index (χ1) is 25.9. The van der Waals surface area contributed by atoms with Crippen molar-refractivity contribution in [2.24, 2.45) is 0 Å². The second-order valence-corrected chi connectivity index (χ2v) is 14.6. The summed E-state index contributed by atoms with van der Waals surface area (Å²) in [6.45, 7) is 11.1. The Kier molecular flexibility index (Phi) is 9.38. The summed E-state index contributed by atoms with van der Waals surface area (Å²) >= 11 is 0. The van der Waals surface area contributed by atoms with E-state index in [2.05, 4.69) is 198 Å². The summed E-state index contributed by atoms with van der Waals surface area (Å²) in [5, 5.41) is 7.71. The van der Waals surface area contributed by atoms with Gasteiger partial charge in [-0.05, 0) is 159 Å². The Morgan fingerprint density at radius 1 is 0.377 bits per heavy atom. The van der Waals surface area contributed by atoms with Crippen LogP contribution in [0.3, 0.4) is 0 Å². The van der Waals surface area contributed by atoms with Crippen molar-refractivity contribution in [2.45, 2.75) is 47.5 Å². The van der Waals surface area contributed by atoms with Gasteiger partial charge in [-0.15, -0.1) is 0 Å². The van der Waals surface area contributed by atoms with Crippen LogP contribution < -0.4 is 0 Å². The third-order valence-electron chi connectivity index (χ3n) is 11.1. The van der Waals surface area contributed by atoms with Crippen molar-refractivity contribution in [3.8, 4) is 44.5 Å². The largest absolute Gasteiger partial charge is 0.0840 e. The van der Waals surface area contributed by atoms with Gasteiger partial charge in [0, 0.05) is 0 Å². The Morgan fingerprint density at radius 2 is 0.868 bits per heavy atom. The van der Waals surface area contributed by atoms with Gasteiger partial charge in [0.05, 0.1) is 0 Å². The van der Waals surface area contributed by atoms with Crippen LogP contribution in [0.1, 0.15) is 42.0 Å². The number of benzene rings is 8. The minimum Gasteiger partial charge on any atom is -0.0840 e. The zero-order chi connectivity index (χ0) is 36.5. The topological polar surface area (TPSA) is 0 Å². The lowest BCUT2D eigenvalue weighted by Crippen LogP contribution is -1.94. The van der Waals surface area contributed by atoms with Gasteiger partial charge in [0.15, 0.2) is 0 Å². The quantitative estimate of drug-likeness (QED) is 0.162. The van der Waals surface area contributed by atoms with Gasteiger partial charge in [-0.3, -0.25) is 0 Å². The molecule has 0 spiro atoms. The van der Waals surface area contributed by atoms with Gasteiger partial charge in [-0.1, -0.05) is 157 Å². The molecular formula is C53H46. The van der Waals surface area contributed by atoms with E-state index >= 15 is 0 Å². The van der Waals surface area contributed by atoms with Crippen LogP contribution >= 0.6 is 0 Å². The second-order valence-electron chi connectivity index (χ2n) is 14.6. The normalized spacial score (nSPS) is 12.5. The molecule has 0 atom stereocenters. The van der Waals surface area contributed by atoms with E-state index in [1.54, 1.807) is 0 Å². The van der Waals surface area contributed by atoms with E-state index < -0.39 is 0 Å². The fourth-order valence-electron chi connectivity index (χ4n) is 8.22. The summed E-state index contributed by atoms with van der Waals surface area (Å²) in [5.41, 5.74) is 16.9. The predicted molar refractivity (Wildman–Crippen MR) is 232 cm³/mol. The van der Waals surface area contributed by atoms with Crippen LogP contribution in [0.25, 0.3) is 76.8 Å². The Morgan fingerprint density at radius 3 is 1.38 bits per heavy atom. The fraction of sp³-hybridized carbons (Fsp3) is 0.132. The predicted octanol–water partition coefficient (Wildman–Crippen LogP) is 15.3. The molecule has 0 radical (unpaired) electrons.